The predicted octanol–water partition coefficient (Wildman–Crippen LogP) is 4.06. The Morgan fingerprint density at radius 1 is 1.08 bits per heavy atom. The second-order valence-corrected chi connectivity index (χ2v) is 11.7. The maximum Gasteiger partial charge on any atom is 0.326 e. The maximum atomic E-state index is 13.2. The fraction of sp³-hybridized carbons (Fsp3) is 0.130. The molecule has 0 aliphatic rings. The number of nitrogens with one attached hydrogen (secondary N) is 2. The third-order valence-corrected chi connectivity index (χ3v) is 8.19. The molecule has 0 saturated carbocycles. The van der Waals surface area contributed by atoms with Crippen LogP contribution in [0.1, 0.15) is 28.4 Å². The molecule has 0 saturated heterocycles. The van der Waals surface area contributed by atoms with Crippen molar-refractivity contribution in [3.8, 4) is 0 Å². The highest BCUT2D eigenvalue weighted by molar-refractivity contribution is 14.1. The summed E-state index contributed by atoms with van der Waals surface area (Å²) < 4.78 is 37.6. The number of hydrogen-bond donors (Lipinski definition) is 4. The van der Waals surface area contributed by atoms with Gasteiger partial charge in [-0.15, -0.1) is 0 Å². The molecule has 2 unspecified atom stereocenters. The number of hydrogen-bond acceptors (Lipinski definition) is 8. The largest absolute Gasteiger partial charge is 0.480 e. The fourth-order valence-corrected chi connectivity index (χ4v) is 5.95. The Kier molecular flexibility index (Phi) is 8.28. The summed E-state index contributed by atoms with van der Waals surface area (Å²) in [7, 11) is -4.18. The lowest BCUT2D eigenvalue weighted by molar-refractivity contribution is -0.140. The van der Waals surface area contributed by atoms with Gasteiger partial charge >= 0.3 is 5.97 Å². The highest BCUT2D eigenvalue weighted by atomic mass is 127. The van der Waals surface area contributed by atoms with Gasteiger partial charge in [0, 0.05) is 15.0 Å². The standard InChI is InChI=1S/C23H18ClIN4O6S2/c24-13-6-4-12(5-7-13)19(30)11-18(23(32)33)26-22(31)15-9-8-14(25)10-17(15)29-37(34,35)20-3-1-2-16-21(20)28-36-27-16/h1-10,18-19,29-30H,11H2,(H,26,31)(H,32,33). The Morgan fingerprint density at radius 2 is 1.81 bits per heavy atom. The molecule has 0 bridgehead atoms. The summed E-state index contributed by atoms with van der Waals surface area (Å²) in [5.41, 5.74) is 0.890. The number of carboxylic acid groups (broad SMARTS) is 1. The van der Waals surface area contributed by atoms with Gasteiger partial charge in [0.25, 0.3) is 15.9 Å². The number of benzene rings is 3. The number of fused-ring (bicyclic) bond motifs is 1. The molecule has 1 aromatic heterocycles. The molecule has 3 aromatic carbocycles. The molecule has 37 heavy (non-hydrogen) atoms. The van der Waals surface area contributed by atoms with Crippen LogP contribution in [0.3, 0.4) is 0 Å². The van der Waals surface area contributed by atoms with Crippen LogP contribution in [0.5, 0.6) is 0 Å². The van der Waals surface area contributed by atoms with E-state index in [2.05, 4.69) is 18.8 Å². The van der Waals surface area contributed by atoms with Gasteiger partial charge in [-0.25, -0.2) is 13.2 Å². The van der Waals surface area contributed by atoms with Crippen molar-refractivity contribution in [1.82, 2.24) is 14.1 Å². The number of sulfonamides is 1. The topological polar surface area (TPSA) is 159 Å². The number of aliphatic carboxylic acids is 1. The Bertz CT molecular complexity index is 1580. The summed E-state index contributed by atoms with van der Waals surface area (Å²) in [5.74, 6) is -2.20. The normalized spacial score (nSPS) is 13.2. The number of carbonyl (C=O) groups is 2. The van der Waals surface area contributed by atoms with Crippen LogP contribution in [0.15, 0.2) is 65.6 Å². The van der Waals surface area contributed by atoms with Crippen LogP contribution in [-0.4, -0.2) is 45.3 Å². The Balaban J connectivity index is 1.59. The third kappa shape index (κ3) is 6.35. The number of amides is 1. The van der Waals surface area contributed by atoms with Crippen molar-refractivity contribution in [3.05, 3.63) is 80.4 Å². The number of rotatable bonds is 9. The summed E-state index contributed by atoms with van der Waals surface area (Å²) in [5, 5.41) is 23.0. The van der Waals surface area contributed by atoms with Crippen molar-refractivity contribution >= 4 is 84.5 Å². The fourth-order valence-electron chi connectivity index (χ4n) is 3.50. The number of nitrogens with zero attached hydrogens (tertiary/aromatic N) is 2. The molecule has 0 fully saturated rings. The quantitative estimate of drug-likeness (QED) is 0.194. The van der Waals surface area contributed by atoms with Crippen molar-refractivity contribution in [3.63, 3.8) is 0 Å². The number of aliphatic hydroxyl groups excluding tert-OH is 1. The van der Waals surface area contributed by atoms with E-state index < -0.39 is 34.0 Å². The van der Waals surface area contributed by atoms with Gasteiger partial charge in [-0.2, -0.15) is 8.75 Å². The maximum absolute atomic E-state index is 13.2. The lowest BCUT2D eigenvalue weighted by Gasteiger charge is -2.20. The summed E-state index contributed by atoms with van der Waals surface area (Å²) in [6.45, 7) is 0. The van der Waals surface area contributed by atoms with Crippen molar-refractivity contribution in [2.45, 2.75) is 23.5 Å². The molecule has 4 aromatic rings. The number of carbonyl (C=O) groups excluding carboxylic acids is 1. The minimum atomic E-state index is -4.18. The molecule has 1 amide bonds. The first kappa shape index (κ1) is 27.2. The van der Waals surface area contributed by atoms with Crippen LogP contribution >= 0.6 is 45.9 Å². The second-order valence-electron chi connectivity index (χ2n) is 7.85. The number of aliphatic hydroxyl groups is 1. The zero-order valence-corrected chi connectivity index (χ0v) is 23.2. The van der Waals surface area contributed by atoms with Gasteiger partial charge in [-0.3, -0.25) is 9.52 Å². The van der Waals surface area contributed by atoms with Crippen molar-refractivity contribution in [2.75, 3.05) is 4.72 Å². The molecule has 0 radical (unpaired) electrons. The van der Waals surface area contributed by atoms with E-state index in [-0.39, 0.29) is 28.1 Å². The molecule has 192 valence electrons. The van der Waals surface area contributed by atoms with Crippen molar-refractivity contribution in [2.24, 2.45) is 0 Å². The zero-order valence-electron chi connectivity index (χ0n) is 18.6. The van der Waals surface area contributed by atoms with Crippen LogP contribution < -0.4 is 10.0 Å². The molecule has 14 heteroatoms. The lowest BCUT2D eigenvalue weighted by Crippen LogP contribution is -2.42. The van der Waals surface area contributed by atoms with E-state index >= 15 is 0 Å². The van der Waals surface area contributed by atoms with Crippen LogP contribution in [0.2, 0.25) is 5.02 Å². The number of anilines is 1. The summed E-state index contributed by atoms with van der Waals surface area (Å²) >= 11 is 8.69. The molecule has 4 rings (SSSR count). The second kappa shape index (κ2) is 11.3. The average Bonchev–Trinajstić information content (AvgIpc) is 3.32. The highest BCUT2D eigenvalue weighted by Crippen LogP contribution is 2.27. The molecule has 1 heterocycles. The van der Waals surface area contributed by atoms with Gasteiger partial charge in [0.05, 0.1) is 29.1 Å². The molecule has 0 aliphatic heterocycles. The average molecular weight is 673 g/mol. The van der Waals surface area contributed by atoms with Gasteiger partial charge in [0.15, 0.2) is 0 Å². The van der Waals surface area contributed by atoms with E-state index in [0.29, 0.717) is 19.7 Å². The van der Waals surface area contributed by atoms with E-state index in [4.69, 9.17) is 11.6 Å². The number of carboxylic acids is 1. The van der Waals surface area contributed by atoms with Gasteiger partial charge in [0.1, 0.15) is 22.0 Å². The lowest BCUT2D eigenvalue weighted by atomic mass is 10.0. The van der Waals surface area contributed by atoms with E-state index in [9.17, 15) is 28.2 Å². The minimum absolute atomic E-state index is 0.0491. The van der Waals surface area contributed by atoms with E-state index in [1.54, 1.807) is 36.4 Å². The molecule has 0 spiro atoms. The zero-order chi connectivity index (χ0) is 26.7. The van der Waals surface area contributed by atoms with Gasteiger partial charge in [-0.05, 0) is 70.6 Å². The number of halogens is 2. The van der Waals surface area contributed by atoms with E-state index in [1.807, 2.05) is 22.6 Å². The summed E-state index contributed by atoms with van der Waals surface area (Å²) in [6, 6.07) is 13.7. The molecule has 0 aliphatic carbocycles. The highest BCUT2D eigenvalue weighted by Gasteiger charge is 2.27. The van der Waals surface area contributed by atoms with Crippen molar-refractivity contribution in [1.29, 1.82) is 0 Å². The monoisotopic (exact) mass is 672 g/mol. The Morgan fingerprint density at radius 3 is 2.51 bits per heavy atom. The molecule has 10 nitrogen and oxygen atoms in total. The Hall–Kier alpha value is -2.85. The first-order chi connectivity index (χ1) is 17.5. The summed E-state index contributed by atoms with van der Waals surface area (Å²) in [6.07, 6.45) is -1.52. The third-order valence-electron chi connectivity index (χ3n) is 5.33. The van der Waals surface area contributed by atoms with Gasteiger partial charge < -0.3 is 15.5 Å². The molecule has 2 atom stereocenters. The molecule has 4 N–H and O–H groups in total. The first-order valence-corrected chi connectivity index (χ1v) is 14.2. The minimum Gasteiger partial charge on any atom is -0.480 e. The van der Waals surface area contributed by atoms with Gasteiger partial charge in [0.2, 0.25) is 0 Å². The smallest absolute Gasteiger partial charge is 0.326 e. The van der Waals surface area contributed by atoms with Gasteiger partial charge in [-0.1, -0.05) is 29.8 Å². The molecular formula is C23H18ClIN4O6S2. The van der Waals surface area contributed by atoms with E-state index in [0.717, 1.165) is 11.7 Å². The predicted molar refractivity (Wildman–Crippen MR) is 147 cm³/mol. The Labute approximate surface area is 234 Å². The number of aromatic nitrogens is 2. The molecular weight excluding hydrogens is 655 g/mol. The first-order valence-electron chi connectivity index (χ1n) is 10.6. The SMILES string of the molecule is O=C(NC(CC(O)c1ccc(Cl)cc1)C(=O)O)c1ccc(I)cc1NS(=O)(=O)c1cccc2nsnc12. The van der Waals surface area contributed by atoms with Crippen LogP contribution in [0.25, 0.3) is 11.0 Å². The van der Waals surface area contributed by atoms with Crippen molar-refractivity contribution < 1.29 is 28.2 Å². The van der Waals surface area contributed by atoms with Crippen LogP contribution in [0, 0.1) is 3.57 Å². The van der Waals surface area contributed by atoms with Crippen LogP contribution in [0.4, 0.5) is 5.69 Å². The van der Waals surface area contributed by atoms with Crippen LogP contribution in [-0.2, 0) is 14.8 Å². The summed E-state index contributed by atoms with van der Waals surface area (Å²) in [4.78, 5) is 24.9. The van der Waals surface area contributed by atoms with E-state index in [1.165, 1.54) is 24.3 Å².